The predicted octanol–water partition coefficient (Wildman–Crippen LogP) is -0.281. The number of aryl methyl sites for hydroxylation is 1. The maximum atomic E-state index is 12.5. The van der Waals surface area contributed by atoms with Crippen LogP contribution in [0, 0.1) is 0 Å². The highest BCUT2D eigenvalue weighted by atomic mass is 35.5. The topological polar surface area (TPSA) is 96.3 Å². The second-order valence-electron chi connectivity index (χ2n) is 5.58. The van der Waals surface area contributed by atoms with E-state index < -0.39 is 16.1 Å². The summed E-state index contributed by atoms with van der Waals surface area (Å²) in [6.45, 7) is 2.96. The zero-order valence-electron chi connectivity index (χ0n) is 13.5. The highest BCUT2D eigenvalue weighted by Crippen LogP contribution is 2.18. The minimum Gasteiger partial charge on any atom is -0.337 e. The van der Waals surface area contributed by atoms with Crippen molar-refractivity contribution in [2.45, 2.75) is 36.7 Å². The van der Waals surface area contributed by atoms with E-state index in [1.54, 1.807) is 18.9 Å². The van der Waals surface area contributed by atoms with Gasteiger partial charge in [0.25, 0.3) is 0 Å². The summed E-state index contributed by atoms with van der Waals surface area (Å²) in [7, 11) is -0.258. The van der Waals surface area contributed by atoms with Crippen molar-refractivity contribution in [1.29, 1.82) is 0 Å². The molecule has 1 aliphatic rings. The molecule has 0 aliphatic carbocycles. The molecule has 10 heteroatoms. The molecule has 1 amide bonds. The number of carbonyl (C=O) groups is 1. The van der Waals surface area contributed by atoms with Crippen LogP contribution in [0.2, 0.25) is 0 Å². The first-order valence-corrected chi connectivity index (χ1v) is 8.79. The molecule has 2 rings (SSSR count). The van der Waals surface area contributed by atoms with Gasteiger partial charge in [-0.05, 0) is 26.8 Å². The van der Waals surface area contributed by atoms with E-state index in [0.29, 0.717) is 13.1 Å². The Hall–Kier alpha value is -1.16. The van der Waals surface area contributed by atoms with Gasteiger partial charge in [0.2, 0.25) is 15.9 Å². The van der Waals surface area contributed by atoms with Gasteiger partial charge in [0.05, 0.1) is 12.2 Å². The van der Waals surface area contributed by atoms with Gasteiger partial charge in [-0.2, -0.15) is 9.82 Å². The first-order chi connectivity index (χ1) is 10.3. The van der Waals surface area contributed by atoms with E-state index in [1.807, 2.05) is 7.05 Å². The van der Waals surface area contributed by atoms with E-state index in [9.17, 15) is 13.2 Å². The third-order valence-corrected chi connectivity index (χ3v) is 5.29. The maximum Gasteiger partial charge on any atom is 0.244 e. The number of sulfonamides is 1. The summed E-state index contributed by atoms with van der Waals surface area (Å²) in [6.07, 6.45) is 4.55. The fourth-order valence-corrected chi connectivity index (χ4v) is 3.89. The molecule has 2 heterocycles. The molecule has 1 aromatic heterocycles. The lowest BCUT2D eigenvalue weighted by molar-refractivity contribution is -0.133. The maximum absolute atomic E-state index is 12.5. The molecule has 1 saturated heterocycles. The Kier molecular flexibility index (Phi) is 7.00. The minimum absolute atomic E-state index is 0. The van der Waals surface area contributed by atoms with Gasteiger partial charge in [0, 0.05) is 32.4 Å². The second kappa shape index (κ2) is 8.09. The van der Waals surface area contributed by atoms with Crippen LogP contribution in [0.25, 0.3) is 0 Å². The van der Waals surface area contributed by atoms with Crippen molar-refractivity contribution in [3.8, 4) is 0 Å². The van der Waals surface area contributed by atoms with Crippen molar-refractivity contribution in [2.24, 2.45) is 7.05 Å². The van der Waals surface area contributed by atoms with Crippen molar-refractivity contribution in [3.63, 3.8) is 0 Å². The largest absolute Gasteiger partial charge is 0.337 e. The third-order valence-electron chi connectivity index (χ3n) is 3.79. The van der Waals surface area contributed by atoms with Crippen molar-refractivity contribution < 1.29 is 13.2 Å². The van der Waals surface area contributed by atoms with Crippen LogP contribution in [0.3, 0.4) is 0 Å². The molecular weight excluding hydrogens is 342 g/mol. The lowest BCUT2D eigenvalue weighted by Gasteiger charge is -2.27. The molecule has 1 aliphatic heterocycles. The number of nitrogens with zero attached hydrogens (tertiary/aromatic N) is 3. The Balaban J connectivity index is 0.00000264. The fourth-order valence-electron chi connectivity index (χ4n) is 2.71. The molecule has 1 aromatic rings. The summed E-state index contributed by atoms with van der Waals surface area (Å²) >= 11 is 0. The van der Waals surface area contributed by atoms with Gasteiger partial charge in [-0.3, -0.25) is 9.48 Å². The normalized spacial score (nSPS) is 19.4. The lowest BCUT2D eigenvalue weighted by atomic mass is 10.2. The van der Waals surface area contributed by atoms with E-state index in [0.717, 1.165) is 12.8 Å². The summed E-state index contributed by atoms with van der Waals surface area (Å²) in [5.74, 6) is -0.190. The number of amides is 1. The van der Waals surface area contributed by atoms with E-state index in [2.05, 4.69) is 15.1 Å². The first kappa shape index (κ1) is 19.9. The highest BCUT2D eigenvalue weighted by molar-refractivity contribution is 7.89. The Morgan fingerprint density at radius 2 is 2.22 bits per heavy atom. The average molecular weight is 366 g/mol. The second-order valence-corrected chi connectivity index (χ2v) is 7.29. The summed E-state index contributed by atoms with van der Waals surface area (Å²) in [4.78, 5) is 14.3. The molecule has 132 valence electrons. The number of likely N-dealkylation sites (N-methyl/N-ethyl adjacent to an activating group) is 1. The molecule has 0 spiro atoms. The molecule has 2 atom stereocenters. The Labute approximate surface area is 143 Å². The van der Waals surface area contributed by atoms with Crippen molar-refractivity contribution >= 4 is 28.3 Å². The summed E-state index contributed by atoms with van der Waals surface area (Å²) < 4.78 is 28.3. The molecule has 0 bridgehead atoms. The van der Waals surface area contributed by atoms with Crippen LogP contribution in [0.4, 0.5) is 0 Å². The SMILES string of the molecule is CNCC1CCCN1C(=O)C(C)NS(=O)(=O)c1cnn(C)c1.Cl. The minimum atomic E-state index is -3.74. The van der Waals surface area contributed by atoms with E-state index in [4.69, 9.17) is 0 Å². The standard InChI is InChI=1S/C13H23N5O3S.ClH/c1-10(13(19)18-6-4-5-11(18)7-14-2)16-22(20,21)12-8-15-17(3)9-12;/h8-11,14,16H,4-7H2,1-3H3;1H. The van der Waals surface area contributed by atoms with Crippen LogP contribution in [0.5, 0.6) is 0 Å². The zero-order chi connectivity index (χ0) is 16.3. The quantitative estimate of drug-likeness (QED) is 0.722. The van der Waals surface area contributed by atoms with Gasteiger partial charge in [0.1, 0.15) is 4.90 Å². The van der Waals surface area contributed by atoms with Gasteiger partial charge in [0.15, 0.2) is 0 Å². The smallest absolute Gasteiger partial charge is 0.244 e. The van der Waals surface area contributed by atoms with Gasteiger partial charge < -0.3 is 10.2 Å². The van der Waals surface area contributed by atoms with Crippen molar-refractivity contribution in [1.82, 2.24) is 24.7 Å². The molecule has 2 N–H and O–H groups in total. The van der Waals surface area contributed by atoms with Crippen LogP contribution in [-0.4, -0.2) is 61.2 Å². The average Bonchev–Trinajstić information content (AvgIpc) is 3.07. The van der Waals surface area contributed by atoms with Crippen LogP contribution < -0.4 is 10.0 Å². The van der Waals surface area contributed by atoms with Crippen molar-refractivity contribution in [2.75, 3.05) is 20.1 Å². The number of halogens is 1. The monoisotopic (exact) mass is 365 g/mol. The molecular formula is C13H24ClN5O3S. The molecule has 0 radical (unpaired) electrons. The summed E-state index contributed by atoms with van der Waals surface area (Å²) in [6, 6.07) is -0.675. The third kappa shape index (κ3) is 4.66. The van der Waals surface area contributed by atoms with Crippen molar-refractivity contribution in [3.05, 3.63) is 12.4 Å². The first-order valence-electron chi connectivity index (χ1n) is 7.31. The van der Waals surface area contributed by atoms with Crippen LogP contribution in [0.15, 0.2) is 17.3 Å². The number of nitrogens with one attached hydrogen (secondary N) is 2. The predicted molar refractivity (Wildman–Crippen MR) is 88.9 cm³/mol. The van der Waals surface area contributed by atoms with E-state index in [1.165, 1.54) is 17.1 Å². The number of carbonyl (C=O) groups excluding carboxylic acids is 1. The van der Waals surface area contributed by atoms with Gasteiger partial charge in [-0.25, -0.2) is 8.42 Å². The van der Waals surface area contributed by atoms with E-state index in [-0.39, 0.29) is 29.3 Å². The number of rotatable bonds is 6. The molecule has 0 saturated carbocycles. The number of aromatic nitrogens is 2. The molecule has 8 nitrogen and oxygen atoms in total. The zero-order valence-corrected chi connectivity index (χ0v) is 15.2. The van der Waals surface area contributed by atoms with Crippen LogP contribution >= 0.6 is 12.4 Å². The molecule has 0 aromatic carbocycles. The number of hydrogen-bond acceptors (Lipinski definition) is 5. The van der Waals surface area contributed by atoms with Crippen LogP contribution in [-0.2, 0) is 21.9 Å². The Morgan fingerprint density at radius 3 is 2.78 bits per heavy atom. The summed E-state index contributed by atoms with van der Waals surface area (Å²) in [5.41, 5.74) is 0. The molecule has 2 unspecified atom stereocenters. The molecule has 1 fully saturated rings. The Bertz CT molecular complexity index is 633. The van der Waals surface area contributed by atoms with E-state index >= 15 is 0 Å². The number of hydrogen-bond donors (Lipinski definition) is 2. The number of likely N-dealkylation sites (tertiary alicyclic amines) is 1. The van der Waals surface area contributed by atoms with Gasteiger partial charge in [-0.15, -0.1) is 12.4 Å². The molecule has 23 heavy (non-hydrogen) atoms. The van der Waals surface area contributed by atoms with Gasteiger partial charge in [-0.1, -0.05) is 0 Å². The van der Waals surface area contributed by atoms with Gasteiger partial charge >= 0.3 is 0 Å². The fraction of sp³-hybridized carbons (Fsp3) is 0.692. The summed E-state index contributed by atoms with van der Waals surface area (Å²) in [5, 5.41) is 6.91. The van der Waals surface area contributed by atoms with Crippen LogP contribution in [0.1, 0.15) is 19.8 Å². The lowest BCUT2D eigenvalue weighted by Crippen LogP contribution is -2.50. The Morgan fingerprint density at radius 1 is 1.52 bits per heavy atom. The highest BCUT2D eigenvalue weighted by Gasteiger charge is 2.33.